The quantitative estimate of drug-likeness (QED) is 0.269. The van der Waals surface area contributed by atoms with E-state index in [0.717, 1.165) is 27.9 Å². The maximum atomic E-state index is 12.9. The summed E-state index contributed by atoms with van der Waals surface area (Å²) in [6, 6.07) is -1.99. The van der Waals surface area contributed by atoms with Gasteiger partial charge in [0.2, 0.25) is 11.7 Å². The zero-order chi connectivity index (χ0) is 29.3. The number of hydrogen-bond donors (Lipinski definition) is 1. The maximum Gasteiger partial charge on any atom is 0.373 e. The number of ether oxygens (including phenoxy) is 6. The summed E-state index contributed by atoms with van der Waals surface area (Å²) in [6.07, 6.45) is -1.30. The molecular weight excluding hydrogens is 520 g/mol. The first kappa shape index (κ1) is 31.2. The van der Waals surface area contributed by atoms with E-state index in [1.54, 1.807) is 20.0 Å². The second-order valence-corrected chi connectivity index (χ2v) is 8.93. The summed E-state index contributed by atoms with van der Waals surface area (Å²) >= 11 is 0. The van der Waals surface area contributed by atoms with E-state index in [-0.39, 0.29) is 12.4 Å². The van der Waals surface area contributed by atoms with Gasteiger partial charge in [0.25, 0.3) is 0 Å². The first-order valence-corrected chi connectivity index (χ1v) is 12.0. The van der Waals surface area contributed by atoms with Crippen LogP contribution in [0.15, 0.2) is 18.0 Å². The third-order valence-corrected chi connectivity index (χ3v) is 5.44. The first-order valence-electron chi connectivity index (χ1n) is 12.0. The molecule has 1 aliphatic rings. The average molecular weight is 555 g/mol. The Morgan fingerprint density at radius 2 is 1.72 bits per heavy atom. The van der Waals surface area contributed by atoms with Crippen molar-refractivity contribution in [3.8, 4) is 0 Å². The van der Waals surface area contributed by atoms with E-state index in [2.05, 4.69) is 15.6 Å². The van der Waals surface area contributed by atoms with Crippen molar-refractivity contribution in [1.29, 1.82) is 0 Å². The number of nitrogens with zero attached hydrogens (tertiary/aromatic N) is 3. The van der Waals surface area contributed by atoms with Crippen molar-refractivity contribution < 1.29 is 52.4 Å². The summed E-state index contributed by atoms with van der Waals surface area (Å²) < 4.78 is 33.2. The number of amides is 1. The predicted molar refractivity (Wildman–Crippen MR) is 129 cm³/mol. The van der Waals surface area contributed by atoms with E-state index in [1.165, 1.54) is 17.9 Å². The molecule has 0 saturated carbocycles. The number of esters is 4. The van der Waals surface area contributed by atoms with Crippen LogP contribution < -0.4 is 5.32 Å². The SMILES string of the molecule is COCc1cn([C@H]2C=C(C(=O)OC)O[C@@H]([C@H](OC(C)=O)[C@@H](COC(C)=O)OC(C)=O)[C@@H]2NC(=O)C(C)C)nn1. The van der Waals surface area contributed by atoms with Crippen molar-refractivity contribution in [2.75, 3.05) is 20.8 Å². The minimum absolute atomic E-state index is 0.135. The Labute approximate surface area is 225 Å². The highest BCUT2D eigenvalue weighted by atomic mass is 16.6. The van der Waals surface area contributed by atoms with Gasteiger partial charge >= 0.3 is 23.9 Å². The Kier molecular flexibility index (Phi) is 11.4. The molecule has 0 unspecified atom stereocenters. The monoisotopic (exact) mass is 554 g/mol. The summed E-state index contributed by atoms with van der Waals surface area (Å²) in [6.45, 7) is 6.31. The fourth-order valence-electron chi connectivity index (χ4n) is 3.77. The molecule has 0 aromatic carbocycles. The fraction of sp³-hybridized carbons (Fsp3) is 0.625. The van der Waals surface area contributed by atoms with Gasteiger partial charge in [0.1, 0.15) is 12.3 Å². The third kappa shape index (κ3) is 8.77. The lowest BCUT2D eigenvalue weighted by Crippen LogP contribution is -2.60. The summed E-state index contributed by atoms with van der Waals surface area (Å²) in [5, 5.41) is 11.0. The Bertz CT molecular complexity index is 1080. The molecule has 0 spiro atoms. The summed E-state index contributed by atoms with van der Waals surface area (Å²) in [5.74, 6) is -4.32. The van der Waals surface area contributed by atoms with Gasteiger partial charge in [-0.1, -0.05) is 19.1 Å². The molecule has 39 heavy (non-hydrogen) atoms. The van der Waals surface area contributed by atoms with Crippen LogP contribution in [-0.4, -0.2) is 90.0 Å². The van der Waals surface area contributed by atoms with Crippen molar-refractivity contribution in [2.24, 2.45) is 5.92 Å². The van der Waals surface area contributed by atoms with E-state index in [9.17, 15) is 24.0 Å². The number of hydrogen-bond acceptors (Lipinski definition) is 13. The molecule has 1 N–H and O–H groups in total. The van der Waals surface area contributed by atoms with Gasteiger partial charge in [-0.3, -0.25) is 19.2 Å². The second kappa shape index (κ2) is 14.2. The Balaban J connectivity index is 2.71. The van der Waals surface area contributed by atoms with Crippen molar-refractivity contribution >= 4 is 29.8 Å². The molecule has 0 radical (unpaired) electrons. The van der Waals surface area contributed by atoms with E-state index >= 15 is 0 Å². The Hall–Kier alpha value is -4.01. The third-order valence-electron chi connectivity index (χ3n) is 5.44. The Morgan fingerprint density at radius 1 is 1.05 bits per heavy atom. The molecule has 1 amide bonds. The lowest BCUT2D eigenvalue weighted by Gasteiger charge is -2.41. The van der Waals surface area contributed by atoms with Crippen LogP contribution in [0.3, 0.4) is 0 Å². The van der Waals surface area contributed by atoms with Crippen LogP contribution >= 0.6 is 0 Å². The molecule has 5 atom stereocenters. The van der Waals surface area contributed by atoms with E-state index in [4.69, 9.17) is 28.4 Å². The molecule has 2 heterocycles. The van der Waals surface area contributed by atoms with E-state index < -0.39 is 72.7 Å². The molecule has 0 aliphatic carbocycles. The van der Waals surface area contributed by atoms with Gasteiger partial charge in [-0.2, -0.15) is 0 Å². The van der Waals surface area contributed by atoms with Crippen molar-refractivity contribution in [1.82, 2.24) is 20.3 Å². The van der Waals surface area contributed by atoms with Crippen LogP contribution in [-0.2, 0) is 59.0 Å². The molecule has 0 saturated heterocycles. The molecule has 1 aromatic rings. The van der Waals surface area contributed by atoms with Crippen LogP contribution in [0.5, 0.6) is 0 Å². The molecule has 1 aliphatic heterocycles. The predicted octanol–water partition coefficient (Wildman–Crippen LogP) is -0.0114. The number of carbonyl (C=O) groups is 5. The standard InChI is InChI=1S/C24H34N4O11/c1-12(2)23(32)25-20-17(28-9-16(10-34-6)26-27-28)8-18(24(33)35-7)39-22(20)21(38-15(5)31)19(37-14(4)30)11-36-13(3)29/h8-9,12,17,19-22H,10-11H2,1-7H3,(H,25,32)/t17-,19+,20+,21+,22+/m0/s1. The minimum Gasteiger partial charge on any atom is -0.477 e. The lowest BCUT2D eigenvalue weighted by atomic mass is 9.91. The topological polar surface area (TPSA) is 183 Å². The number of aromatic nitrogens is 3. The number of nitrogens with one attached hydrogen (secondary N) is 1. The van der Waals surface area contributed by atoms with E-state index in [1.807, 2.05) is 0 Å². The number of rotatable bonds is 12. The highest BCUT2D eigenvalue weighted by Gasteiger charge is 2.49. The first-order chi connectivity index (χ1) is 18.4. The van der Waals surface area contributed by atoms with Crippen molar-refractivity contribution in [3.63, 3.8) is 0 Å². The fourth-order valence-corrected chi connectivity index (χ4v) is 3.77. The highest BCUT2D eigenvalue weighted by molar-refractivity contribution is 5.86. The normalized spacial score (nSPS) is 20.1. The number of carbonyl (C=O) groups excluding carboxylic acids is 5. The molecule has 216 valence electrons. The molecule has 0 bridgehead atoms. The maximum absolute atomic E-state index is 12.9. The second-order valence-electron chi connectivity index (χ2n) is 8.93. The molecule has 15 nitrogen and oxygen atoms in total. The van der Waals surface area contributed by atoms with Gasteiger partial charge in [0.05, 0.1) is 32.0 Å². The van der Waals surface area contributed by atoms with E-state index in [0.29, 0.717) is 5.69 Å². The molecule has 0 fully saturated rings. The molecule has 1 aromatic heterocycles. The lowest BCUT2D eigenvalue weighted by molar-refractivity contribution is -0.188. The van der Waals surface area contributed by atoms with Crippen molar-refractivity contribution in [2.45, 2.75) is 71.6 Å². The zero-order valence-corrected chi connectivity index (χ0v) is 22.9. The highest BCUT2D eigenvalue weighted by Crippen LogP contribution is 2.32. The van der Waals surface area contributed by atoms with Crippen LogP contribution in [0.25, 0.3) is 0 Å². The molecule has 15 heteroatoms. The van der Waals surface area contributed by atoms with Gasteiger partial charge in [-0.25, -0.2) is 9.48 Å². The van der Waals surface area contributed by atoms with Crippen LogP contribution in [0.1, 0.15) is 46.4 Å². The Morgan fingerprint density at radius 3 is 2.26 bits per heavy atom. The molecular formula is C24H34N4O11. The summed E-state index contributed by atoms with van der Waals surface area (Å²) in [4.78, 5) is 61.2. The van der Waals surface area contributed by atoms with Crippen LogP contribution in [0.2, 0.25) is 0 Å². The van der Waals surface area contributed by atoms with Gasteiger partial charge in [-0.05, 0) is 6.08 Å². The van der Waals surface area contributed by atoms with Gasteiger partial charge in [0.15, 0.2) is 18.3 Å². The largest absolute Gasteiger partial charge is 0.477 e. The average Bonchev–Trinajstić information content (AvgIpc) is 3.33. The number of methoxy groups -OCH3 is 2. The van der Waals surface area contributed by atoms with Gasteiger partial charge in [-0.15, -0.1) is 5.10 Å². The zero-order valence-electron chi connectivity index (χ0n) is 22.9. The summed E-state index contributed by atoms with van der Waals surface area (Å²) in [7, 11) is 2.62. The van der Waals surface area contributed by atoms with Crippen LogP contribution in [0, 0.1) is 5.92 Å². The molecule has 2 rings (SSSR count). The smallest absolute Gasteiger partial charge is 0.373 e. The van der Waals surface area contributed by atoms with Gasteiger partial charge in [0, 0.05) is 33.8 Å². The van der Waals surface area contributed by atoms with Crippen molar-refractivity contribution in [3.05, 3.63) is 23.7 Å². The van der Waals surface area contributed by atoms with Gasteiger partial charge < -0.3 is 33.7 Å². The van der Waals surface area contributed by atoms with Crippen LogP contribution in [0.4, 0.5) is 0 Å². The minimum atomic E-state index is -1.47. The summed E-state index contributed by atoms with van der Waals surface area (Å²) in [5.41, 5.74) is 0.451.